The highest BCUT2D eigenvalue weighted by molar-refractivity contribution is 6.30. The number of carbonyl (C=O) groups is 1. The molecule has 2 N–H and O–H groups in total. The zero-order valence-corrected chi connectivity index (χ0v) is 16.5. The van der Waals surface area contributed by atoms with Crippen LogP contribution < -0.4 is 15.4 Å². The minimum atomic E-state index is -3.03. The van der Waals surface area contributed by atoms with Crippen molar-refractivity contribution in [3.8, 4) is 5.75 Å². The first kappa shape index (κ1) is 20.5. The number of nitrogens with zero attached hydrogens (tertiary/aromatic N) is 2. The van der Waals surface area contributed by atoms with Crippen molar-refractivity contribution in [3.63, 3.8) is 0 Å². The van der Waals surface area contributed by atoms with Gasteiger partial charge < -0.3 is 15.4 Å². The Morgan fingerprint density at radius 2 is 2.04 bits per heavy atom. The van der Waals surface area contributed by atoms with E-state index >= 15 is 0 Å². The molecule has 0 spiro atoms. The molecule has 28 heavy (non-hydrogen) atoms. The Hall–Kier alpha value is -2.19. The lowest BCUT2D eigenvalue weighted by atomic mass is 9.86. The van der Waals surface area contributed by atoms with Crippen molar-refractivity contribution >= 4 is 23.2 Å². The van der Waals surface area contributed by atoms with Gasteiger partial charge in [0.25, 0.3) is 5.91 Å². The van der Waals surface area contributed by atoms with E-state index in [0.29, 0.717) is 25.9 Å². The highest BCUT2D eigenvalue weighted by Gasteiger charge is 2.43. The standard InChI is InChI=1S/C19H23ClF2N4O2/c1-12(2)15-5-8-24-26(15)19(6-9-23-10-7-19)17(27)25-14-4-3-13(20)11-16(14)28-18(21)22/h3-5,8,11-12,18,23H,6-7,9-10H2,1-2H3,(H,25,27). The summed E-state index contributed by atoms with van der Waals surface area (Å²) in [5.41, 5.74) is 0.166. The Kier molecular flexibility index (Phi) is 6.20. The van der Waals surface area contributed by atoms with Crippen molar-refractivity contribution in [2.75, 3.05) is 18.4 Å². The Labute approximate surface area is 167 Å². The van der Waals surface area contributed by atoms with E-state index in [1.165, 1.54) is 18.2 Å². The van der Waals surface area contributed by atoms with E-state index in [9.17, 15) is 13.6 Å². The average Bonchev–Trinajstić information content (AvgIpc) is 3.14. The molecule has 0 bridgehead atoms. The maximum absolute atomic E-state index is 13.4. The fourth-order valence-electron chi connectivity index (χ4n) is 3.52. The maximum atomic E-state index is 13.4. The molecule has 9 heteroatoms. The molecule has 1 saturated heterocycles. The van der Waals surface area contributed by atoms with E-state index < -0.39 is 12.2 Å². The van der Waals surface area contributed by atoms with Gasteiger partial charge in [-0.05, 0) is 50.0 Å². The molecule has 1 fully saturated rings. The van der Waals surface area contributed by atoms with Crippen LogP contribution in [-0.4, -0.2) is 35.4 Å². The summed E-state index contributed by atoms with van der Waals surface area (Å²) >= 11 is 5.89. The van der Waals surface area contributed by atoms with Crippen LogP contribution in [0.3, 0.4) is 0 Å². The van der Waals surface area contributed by atoms with Gasteiger partial charge in [-0.15, -0.1) is 0 Å². The van der Waals surface area contributed by atoms with Gasteiger partial charge in [0.1, 0.15) is 5.54 Å². The van der Waals surface area contributed by atoms with Crippen LogP contribution in [0.15, 0.2) is 30.5 Å². The fraction of sp³-hybridized carbons (Fsp3) is 0.474. The molecule has 1 aromatic heterocycles. The average molecular weight is 413 g/mol. The van der Waals surface area contributed by atoms with Crippen LogP contribution in [-0.2, 0) is 10.3 Å². The Bertz CT molecular complexity index is 835. The molecule has 2 heterocycles. The molecule has 0 radical (unpaired) electrons. The van der Waals surface area contributed by atoms with Crippen LogP contribution in [0.4, 0.5) is 14.5 Å². The summed E-state index contributed by atoms with van der Waals surface area (Å²) in [6.07, 6.45) is 2.73. The third-order valence-electron chi connectivity index (χ3n) is 4.93. The number of ether oxygens (including phenoxy) is 1. The molecule has 1 amide bonds. The molecule has 2 aromatic rings. The lowest BCUT2D eigenvalue weighted by Crippen LogP contribution is -2.53. The highest BCUT2D eigenvalue weighted by Crippen LogP contribution is 2.35. The number of alkyl halides is 2. The van der Waals surface area contributed by atoms with Crippen molar-refractivity contribution < 1.29 is 18.3 Å². The van der Waals surface area contributed by atoms with Crippen molar-refractivity contribution in [1.29, 1.82) is 0 Å². The van der Waals surface area contributed by atoms with Gasteiger partial charge in [-0.1, -0.05) is 25.4 Å². The van der Waals surface area contributed by atoms with Crippen LogP contribution in [0, 0.1) is 0 Å². The SMILES string of the molecule is CC(C)c1ccnn1C1(C(=O)Nc2ccc(Cl)cc2OC(F)F)CCNCC1. The van der Waals surface area contributed by atoms with Gasteiger partial charge in [0, 0.05) is 23.0 Å². The number of anilines is 1. The van der Waals surface area contributed by atoms with E-state index in [1.807, 2.05) is 19.9 Å². The minimum Gasteiger partial charge on any atom is -0.433 e. The topological polar surface area (TPSA) is 68.2 Å². The summed E-state index contributed by atoms with van der Waals surface area (Å²) in [6.45, 7) is 2.33. The molecule has 152 valence electrons. The molecule has 3 rings (SSSR count). The lowest BCUT2D eigenvalue weighted by Gasteiger charge is -2.38. The number of carbonyl (C=O) groups excluding carboxylic acids is 1. The Balaban J connectivity index is 1.97. The van der Waals surface area contributed by atoms with Gasteiger partial charge in [-0.25, -0.2) is 0 Å². The fourth-order valence-corrected chi connectivity index (χ4v) is 3.68. The van der Waals surface area contributed by atoms with Crippen LogP contribution >= 0.6 is 11.6 Å². The lowest BCUT2D eigenvalue weighted by molar-refractivity contribution is -0.126. The highest BCUT2D eigenvalue weighted by atomic mass is 35.5. The first-order valence-corrected chi connectivity index (χ1v) is 9.52. The molecular formula is C19H23ClF2N4O2. The predicted octanol–water partition coefficient (Wildman–Crippen LogP) is 3.98. The van der Waals surface area contributed by atoms with Gasteiger partial charge in [-0.2, -0.15) is 13.9 Å². The second-order valence-corrected chi connectivity index (χ2v) is 7.51. The molecular weight excluding hydrogens is 390 g/mol. The molecule has 1 aliphatic rings. The van der Waals surface area contributed by atoms with Crippen molar-refractivity contribution in [1.82, 2.24) is 15.1 Å². The quantitative estimate of drug-likeness (QED) is 0.753. The first-order valence-electron chi connectivity index (χ1n) is 9.14. The van der Waals surface area contributed by atoms with E-state index in [2.05, 4.69) is 20.5 Å². The molecule has 6 nitrogen and oxygen atoms in total. The molecule has 1 aromatic carbocycles. The van der Waals surface area contributed by atoms with Gasteiger partial charge in [0.05, 0.1) is 5.69 Å². The van der Waals surface area contributed by atoms with Gasteiger partial charge in [-0.3, -0.25) is 9.48 Å². The second kappa shape index (κ2) is 8.45. The van der Waals surface area contributed by atoms with Crippen molar-refractivity contribution in [2.45, 2.75) is 44.8 Å². The largest absolute Gasteiger partial charge is 0.433 e. The van der Waals surface area contributed by atoms with Crippen LogP contribution in [0.1, 0.15) is 38.3 Å². The number of piperidine rings is 1. The first-order chi connectivity index (χ1) is 13.3. The molecule has 1 aliphatic heterocycles. The third-order valence-corrected chi connectivity index (χ3v) is 5.17. The van der Waals surface area contributed by atoms with Crippen LogP contribution in [0.5, 0.6) is 5.75 Å². The van der Waals surface area contributed by atoms with Gasteiger partial charge in [0.15, 0.2) is 5.75 Å². The smallest absolute Gasteiger partial charge is 0.387 e. The summed E-state index contributed by atoms with van der Waals surface area (Å²) in [4.78, 5) is 13.4. The van der Waals surface area contributed by atoms with E-state index in [1.54, 1.807) is 10.9 Å². The minimum absolute atomic E-state index is 0.144. The summed E-state index contributed by atoms with van der Waals surface area (Å²) in [7, 11) is 0. The summed E-state index contributed by atoms with van der Waals surface area (Å²) in [5.74, 6) is -0.319. The number of nitrogens with one attached hydrogen (secondary N) is 2. The van der Waals surface area contributed by atoms with Gasteiger partial charge in [0.2, 0.25) is 0 Å². The molecule has 0 unspecified atom stereocenters. The van der Waals surface area contributed by atoms with Gasteiger partial charge >= 0.3 is 6.61 Å². The van der Waals surface area contributed by atoms with Crippen molar-refractivity contribution in [2.24, 2.45) is 0 Å². The van der Waals surface area contributed by atoms with E-state index in [0.717, 1.165) is 5.69 Å². The summed E-state index contributed by atoms with van der Waals surface area (Å²) < 4.78 is 31.8. The zero-order chi connectivity index (χ0) is 20.3. The predicted molar refractivity (Wildman–Crippen MR) is 103 cm³/mol. The normalized spacial score (nSPS) is 16.4. The number of amides is 1. The number of hydrogen-bond donors (Lipinski definition) is 2. The number of aromatic nitrogens is 2. The second-order valence-electron chi connectivity index (χ2n) is 7.08. The number of halogens is 3. The number of benzene rings is 1. The van der Waals surface area contributed by atoms with Crippen molar-refractivity contribution in [3.05, 3.63) is 41.2 Å². The summed E-state index contributed by atoms with van der Waals surface area (Å²) in [5, 5.41) is 10.7. The molecule has 0 aliphatic carbocycles. The number of hydrogen-bond acceptors (Lipinski definition) is 4. The van der Waals surface area contributed by atoms with Crippen LogP contribution in [0.25, 0.3) is 0 Å². The van der Waals surface area contributed by atoms with E-state index in [-0.39, 0.29) is 28.3 Å². The third kappa shape index (κ3) is 4.12. The Morgan fingerprint density at radius 1 is 1.32 bits per heavy atom. The van der Waals surface area contributed by atoms with E-state index in [4.69, 9.17) is 11.6 Å². The maximum Gasteiger partial charge on any atom is 0.387 e. The molecule has 0 saturated carbocycles. The monoisotopic (exact) mass is 412 g/mol. The summed E-state index contributed by atoms with van der Waals surface area (Å²) in [6, 6.07) is 6.12. The molecule has 0 atom stereocenters. The number of rotatable bonds is 6. The Morgan fingerprint density at radius 3 is 2.68 bits per heavy atom. The zero-order valence-electron chi connectivity index (χ0n) is 15.7. The van der Waals surface area contributed by atoms with Crippen LogP contribution in [0.2, 0.25) is 5.02 Å².